The van der Waals surface area contributed by atoms with Crippen molar-refractivity contribution in [2.45, 2.75) is 45.2 Å². The highest BCUT2D eigenvalue weighted by Crippen LogP contribution is 2.26. The van der Waals surface area contributed by atoms with E-state index in [2.05, 4.69) is 37.5 Å². The maximum Gasteiger partial charge on any atom is 0.134 e. The van der Waals surface area contributed by atoms with Crippen LogP contribution in [0.1, 0.15) is 42.9 Å². The minimum Gasteiger partial charge on any atom is -0.394 e. The van der Waals surface area contributed by atoms with Gasteiger partial charge >= 0.3 is 0 Å². The second-order valence-corrected chi connectivity index (χ2v) is 6.87. The lowest BCUT2D eigenvalue weighted by atomic mass is 10.0. The van der Waals surface area contributed by atoms with E-state index in [4.69, 9.17) is 0 Å². The molecular weight excluding hydrogens is 310 g/mol. The van der Waals surface area contributed by atoms with Crippen molar-refractivity contribution in [2.24, 2.45) is 0 Å². The smallest absolute Gasteiger partial charge is 0.134 e. The van der Waals surface area contributed by atoms with E-state index in [1.54, 1.807) is 17.7 Å². The molecule has 2 atom stereocenters. The number of anilines is 2. The first-order valence-electron chi connectivity index (χ1n) is 8.05. The highest BCUT2D eigenvalue weighted by molar-refractivity contribution is 7.09. The molecule has 0 radical (unpaired) electrons. The van der Waals surface area contributed by atoms with Crippen molar-refractivity contribution in [3.05, 3.63) is 28.5 Å². The van der Waals surface area contributed by atoms with Crippen LogP contribution in [0.4, 0.5) is 11.6 Å². The summed E-state index contributed by atoms with van der Waals surface area (Å²) in [6, 6.07) is 2.22. The van der Waals surface area contributed by atoms with E-state index in [1.165, 1.54) is 6.42 Å². The van der Waals surface area contributed by atoms with Crippen LogP contribution in [0.3, 0.4) is 0 Å². The second-order valence-electron chi connectivity index (χ2n) is 5.98. The molecule has 2 aromatic rings. The molecule has 23 heavy (non-hydrogen) atoms. The summed E-state index contributed by atoms with van der Waals surface area (Å²) in [6.45, 7) is 5.18. The quantitative estimate of drug-likeness (QED) is 0.876. The van der Waals surface area contributed by atoms with Gasteiger partial charge in [-0.25, -0.2) is 15.0 Å². The largest absolute Gasteiger partial charge is 0.394 e. The molecule has 7 heteroatoms. The van der Waals surface area contributed by atoms with Crippen LogP contribution >= 0.6 is 11.3 Å². The molecule has 2 N–H and O–H groups in total. The van der Waals surface area contributed by atoms with Crippen LogP contribution in [0.25, 0.3) is 0 Å². The molecule has 2 aromatic heterocycles. The number of hydrogen-bond acceptors (Lipinski definition) is 7. The van der Waals surface area contributed by atoms with Crippen molar-refractivity contribution in [2.75, 3.05) is 23.4 Å². The number of aromatic nitrogens is 3. The Morgan fingerprint density at radius 1 is 1.43 bits per heavy atom. The van der Waals surface area contributed by atoms with Crippen molar-refractivity contribution in [3.8, 4) is 0 Å². The predicted molar refractivity (Wildman–Crippen MR) is 93.0 cm³/mol. The topological polar surface area (TPSA) is 74.2 Å². The summed E-state index contributed by atoms with van der Waals surface area (Å²) in [4.78, 5) is 15.4. The Bertz CT molecular complexity index is 647. The van der Waals surface area contributed by atoms with Gasteiger partial charge in [0.2, 0.25) is 0 Å². The van der Waals surface area contributed by atoms with Gasteiger partial charge in [-0.15, -0.1) is 11.3 Å². The van der Waals surface area contributed by atoms with Crippen molar-refractivity contribution < 1.29 is 5.11 Å². The van der Waals surface area contributed by atoms with Crippen LogP contribution in [0.2, 0.25) is 0 Å². The minimum atomic E-state index is 0.103. The van der Waals surface area contributed by atoms with E-state index >= 15 is 0 Å². The van der Waals surface area contributed by atoms with Gasteiger partial charge in [0.25, 0.3) is 0 Å². The van der Waals surface area contributed by atoms with E-state index in [1.807, 2.05) is 13.0 Å². The maximum atomic E-state index is 9.58. The molecule has 1 fully saturated rings. The maximum absolute atomic E-state index is 9.58. The summed E-state index contributed by atoms with van der Waals surface area (Å²) in [5.41, 5.74) is 1.04. The lowest BCUT2D eigenvalue weighted by Crippen LogP contribution is -2.42. The third-order valence-electron chi connectivity index (χ3n) is 4.16. The minimum absolute atomic E-state index is 0.103. The number of nitrogens with zero attached hydrogens (tertiary/aromatic N) is 4. The first-order valence-corrected chi connectivity index (χ1v) is 8.93. The Hall–Kier alpha value is -1.73. The molecule has 6 nitrogen and oxygen atoms in total. The van der Waals surface area contributed by atoms with Gasteiger partial charge in [-0.2, -0.15) is 0 Å². The summed E-state index contributed by atoms with van der Waals surface area (Å²) < 4.78 is 0. The highest BCUT2D eigenvalue weighted by atomic mass is 32.1. The van der Waals surface area contributed by atoms with E-state index in [9.17, 15) is 5.11 Å². The van der Waals surface area contributed by atoms with Gasteiger partial charge in [-0.1, -0.05) is 0 Å². The summed E-state index contributed by atoms with van der Waals surface area (Å²) in [7, 11) is 0. The number of thiazole rings is 1. The third-order valence-corrected chi connectivity index (χ3v) is 5.30. The molecule has 0 bridgehead atoms. The summed E-state index contributed by atoms with van der Waals surface area (Å²) >= 11 is 1.65. The number of hydrogen-bond donors (Lipinski definition) is 2. The standard InChI is InChI=1S/C16H23N5OS/c1-11-9-23-16(19-11)12(2)20-14-7-15(18-10-17-14)21-6-4-3-5-13(21)8-22/h7,9-10,12-13,22H,3-6,8H2,1-2H3,(H,17,18,20). The summed E-state index contributed by atoms with van der Waals surface area (Å²) in [6.07, 6.45) is 4.90. The third kappa shape index (κ3) is 3.79. The molecule has 1 aliphatic rings. The molecule has 0 saturated carbocycles. The number of aliphatic hydroxyl groups excluding tert-OH is 1. The molecule has 0 amide bonds. The van der Waals surface area contributed by atoms with Crippen molar-refractivity contribution in [1.29, 1.82) is 0 Å². The number of aliphatic hydroxyl groups is 1. The molecule has 3 heterocycles. The molecule has 124 valence electrons. The Kier molecular flexibility index (Phi) is 5.07. The van der Waals surface area contributed by atoms with Crippen LogP contribution in [0, 0.1) is 6.92 Å². The SMILES string of the molecule is Cc1csc(C(C)Nc2cc(N3CCCCC3CO)ncn2)n1. The van der Waals surface area contributed by atoms with Crippen LogP contribution in [0.15, 0.2) is 17.8 Å². The second kappa shape index (κ2) is 7.23. The van der Waals surface area contributed by atoms with Crippen molar-refractivity contribution >= 4 is 23.0 Å². The molecule has 0 aromatic carbocycles. The predicted octanol–water partition coefficient (Wildman–Crippen LogP) is 2.77. The zero-order chi connectivity index (χ0) is 16.2. The summed E-state index contributed by atoms with van der Waals surface area (Å²) in [5.74, 6) is 1.67. The molecule has 1 aliphatic heterocycles. The zero-order valence-electron chi connectivity index (χ0n) is 13.6. The lowest BCUT2D eigenvalue weighted by Gasteiger charge is -2.35. The van der Waals surface area contributed by atoms with E-state index in [0.717, 1.165) is 41.7 Å². The molecular formula is C16H23N5OS. The van der Waals surface area contributed by atoms with Crippen molar-refractivity contribution in [3.63, 3.8) is 0 Å². The average molecular weight is 333 g/mol. The van der Waals surface area contributed by atoms with E-state index in [-0.39, 0.29) is 18.7 Å². The first kappa shape index (κ1) is 16.1. The Labute approximate surface area is 140 Å². The van der Waals surface area contributed by atoms with Crippen molar-refractivity contribution in [1.82, 2.24) is 15.0 Å². The Morgan fingerprint density at radius 3 is 3.04 bits per heavy atom. The first-order chi connectivity index (χ1) is 11.2. The highest BCUT2D eigenvalue weighted by Gasteiger charge is 2.23. The molecule has 0 spiro atoms. The average Bonchev–Trinajstić information content (AvgIpc) is 3.02. The Morgan fingerprint density at radius 2 is 2.30 bits per heavy atom. The molecule has 1 saturated heterocycles. The van der Waals surface area contributed by atoms with Crippen LogP contribution < -0.4 is 10.2 Å². The summed E-state index contributed by atoms with van der Waals surface area (Å²) in [5, 5.41) is 16.1. The number of piperidine rings is 1. The fourth-order valence-electron chi connectivity index (χ4n) is 2.93. The van der Waals surface area contributed by atoms with Gasteiger partial charge < -0.3 is 15.3 Å². The molecule has 2 unspecified atom stereocenters. The molecule has 0 aliphatic carbocycles. The van der Waals surface area contributed by atoms with E-state index in [0.29, 0.717) is 0 Å². The van der Waals surface area contributed by atoms with Gasteiger partial charge in [-0.3, -0.25) is 0 Å². The van der Waals surface area contributed by atoms with Gasteiger partial charge in [0.15, 0.2) is 0 Å². The fraction of sp³-hybridized carbons (Fsp3) is 0.562. The van der Waals surface area contributed by atoms with Gasteiger partial charge in [-0.05, 0) is 33.1 Å². The number of aryl methyl sites for hydroxylation is 1. The lowest BCUT2D eigenvalue weighted by molar-refractivity contribution is 0.239. The zero-order valence-corrected chi connectivity index (χ0v) is 14.4. The molecule has 3 rings (SSSR count). The van der Waals surface area contributed by atoms with Gasteiger partial charge in [0.05, 0.1) is 18.7 Å². The number of nitrogens with one attached hydrogen (secondary N) is 1. The monoisotopic (exact) mass is 333 g/mol. The van der Waals surface area contributed by atoms with Gasteiger partial charge in [0.1, 0.15) is 23.0 Å². The normalized spacial score (nSPS) is 19.6. The van der Waals surface area contributed by atoms with Crippen LogP contribution in [-0.2, 0) is 0 Å². The van der Waals surface area contributed by atoms with Crippen LogP contribution in [0.5, 0.6) is 0 Å². The van der Waals surface area contributed by atoms with E-state index < -0.39 is 0 Å². The van der Waals surface area contributed by atoms with Gasteiger partial charge in [0, 0.05) is 23.7 Å². The fourth-order valence-corrected chi connectivity index (χ4v) is 3.73. The van der Waals surface area contributed by atoms with Crippen LogP contribution in [-0.4, -0.2) is 39.3 Å². The Balaban J connectivity index is 1.74. The number of rotatable bonds is 5.